The minimum atomic E-state index is -0.904. The van der Waals surface area contributed by atoms with Crippen LogP contribution in [-0.4, -0.2) is 53.1 Å². The highest BCUT2D eigenvalue weighted by Gasteiger charge is 2.37. The molecule has 1 aliphatic rings. The SMILES string of the molecule is C[C@H](CCc1ccccc1)N[C@@H](CCCCN)C(=O)N1CCC[C@H]1C(=O)O. The third-order valence-electron chi connectivity index (χ3n) is 5.26. The zero-order chi connectivity index (χ0) is 19.6. The molecule has 150 valence electrons. The van der Waals surface area contributed by atoms with Crippen LogP contribution in [0.2, 0.25) is 0 Å². The monoisotopic (exact) mass is 375 g/mol. The van der Waals surface area contributed by atoms with Gasteiger partial charge in [-0.3, -0.25) is 4.79 Å². The number of benzene rings is 1. The Kier molecular flexibility index (Phi) is 8.75. The molecule has 1 aromatic carbocycles. The van der Waals surface area contributed by atoms with Crippen LogP contribution in [0, 0.1) is 0 Å². The molecule has 1 aromatic rings. The van der Waals surface area contributed by atoms with E-state index in [1.54, 1.807) is 4.90 Å². The van der Waals surface area contributed by atoms with Gasteiger partial charge in [-0.1, -0.05) is 36.8 Å². The van der Waals surface area contributed by atoms with Crippen molar-refractivity contribution in [3.8, 4) is 0 Å². The summed E-state index contributed by atoms with van der Waals surface area (Å²) in [7, 11) is 0. The van der Waals surface area contributed by atoms with Crippen molar-refractivity contribution in [2.24, 2.45) is 5.73 Å². The van der Waals surface area contributed by atoms with Crippen LogP contribution in [-0.2, 0) is 16.0 Å². The van der Waals surface area contributed by atoms with Crippen molar-refractivity contribution < 1.29 is 14.7 Å². The number of nitrogens with two attached hydrogens (primary N) is 1. The van der Waals surface area contributed by atoms with E-state index in [0.717, 1.165) is 32.1 Å². The lowest BCUT2D eigenvalue weighted by molar-refractivity contribution is -0.149. The van der Waals surface area contributed by atoms with Crippen LogP contribution in [0.4, 0.5) is 0 Å². The Morgan fingerprint density at radius 2 is 2.00 bits per heavy atom. The molecule has 0 bridgehead atoms. The predicted molar refractivity (Wildman–Crippen MR) is 106 cm³/mol. The maximum atomic E-state index is 13.0. The van der Waals surface area contributed by atoms with Gasteiger partial charge in [0.2, 0.25) is 5.91 Å². The van der Waals surface area contributed by atoms with Gasteiger partial charge in [0.05, 0.1) is 6.04 Å². The predicted octanol–water partition coefficient (Wildman–Crippen LogP) is 2.17. The summed E-state index contributed by atoms with van der Waals surface area (Å²) in [4.78, 5) is 26.0. The fraction of sp³-hybridized carbons (Fsp3) is 0.619. The normalized spacial score (nSPS) is 19.0. The third-order valence-corrected chi connectivity index (χ3v) is 5.26. The van der Waals surface area contributed by atoms with Gasteiger partial charge in [0.1, 0.15) is 6.04 Å². The first-order chi connectivity index (χ1) is 13.0. The quantitative estimate of drug-likeness (QED) is 0.515. The highest BCUT2D eigenvalue weighted by molar-refractivity contribution is 5.87. The minimum Gasteiger partial charge on any atom is -0.480 e. The van der Waals surface area contributed by atoms with E-state index in [1.165, 1.54) is 5.56 Å². The Bertz CT molecular complexity index is 594. The molecule has 3 atom stereocenters. The molecule has 4 N–H and O–H groups in total. The molecular weight excluding hydrogens is 342 g/mol. The van der Waals surface area contributed by atoms with Gasteiger partial charge in [-0.05, 0) is 57.6 Å². The molecule has 1 amide bonds. The number of hydrogen-bond acceptors (Lipinski definition) is 4. The van der Waals surface area contributed by atoms with Crippen LogP contribution in [0.3, 0.4) is 0 Å². The van der Waals surface area contributed by atoms with E-state index >= 15 is 0 Å². The lowest BCUT2D eigenvalue weighted by Gasteiger charge is -2.29. The Morgan fingerprint density at radius 1 is 1.26 bits per heavy atom. The lowest BCUT2D eigenvalue weighted by atomic mass is 10.0. The molecule has 1 heterocycles. The molecule has 1 saturated heterocycles. The number of carboxylic acid groups (broad SMARTS) is 1. The first-order valence-corrected chi connectivity index (χ1v) is 10.1. The Morgan fingerprint density at radius 3 is 2.67 bits per heavy atom. The van der Waals surface area contributed by atoms with E-state index in [4.69, 9.17) is 5.73 Å². The number of amides is 1. The minimum absolute atomic E-state index is 0.0801. The number of nitrogens with one attached hydrogen (secondary N) is 1. The molecule has 6 nitrogen and oxygen atoms in total. The second-order valence-corrected chi connectivity index (χ2v) is 7.46. The molecule has 27 heavy (non-hydrogen) atoms. The number of carbonyl (C=O) groups is 2. The van der Waals surface area contributed by atoms with E-state index in [0.29, 0.717) is 25.9 Å². The summed E-state index contributed by atoms with van der Waals surface area (Å²) in [6.45, 7) is 3.22. The molecule has 1 aliphatic heterocycles. The van der Waals surface area contributed by atoms with Crippen molar-refractivity contribution >= 4 is 11.9 Å². The van der Waals surface area contributed by atoms with Crippen molar-refractivity contribution in [1.82, 2.24) is 10.2 Å². The van der Waals surface area contributed by atoms with Gasteiger partial charge in [-0.2, -0.15) is 0 Å². The number of aliphatic carboxylic acids is 1. The zero-order valence-corrected chi connectivity index (χ0v) is 16.3. The second kappa shape index (κ2) is 11.0. The number of hydrogen-bond donors (Lipinski definition) is 3. The van der Waals surface area contributed by atoms with E-state index in [-0.39, 0.29) is 18.0 Å². The number of carboxylic acids is 1. The maximum absolute atomic E-state index is 13.0. The van der Waals surface area contributed by atoms with E-state index in [1.807, 2.05) is 18.2 Å². The van der Waals surface area contributed by atoms with Crippen LogP contribution in [0.15, 0.2) is 30.3 Å². The summed E-state index contributed by atoms with van der Waals surface area (Å²) in [5.41, 5.74) is 6.87. The number of carbonyl (C=O) groups excluding carboxylic acids is 1. The van der Waals surface area contributed by atoms with Crippen molar-refractivity contribution in [3.05, 3.63) is 35.9 Å². The highest BCUT2D eigenvalue weighted by atomic mass is 16.4. The van der Waals surface area contributed by atoms with Crippen molar-refractivity contribution in [2.75, 3.05) is 13.1 Å². The van der Waals surface area contributed by atoms with Gasteiger partial charge < -0.3 is 21.1 Å². The topological polar surface area (TPSA) is 95.7 Å². The number of likely N-dealkylation sites (tertiary alicyclic amines) is 1. The van der Waals surface area contributed by atoms with Crippen molar-refractivity contribution in [2.45, 2.75) is 70.0 Å². The van der Waals surface area contributed by atoms with Crippen LogP contribution in [0.1, 0.15) is 51.0 Å². The Labute approximate surface area is 162 Å². The summed E-state index contributed by atoms with van der Waals surface area (Å²) in [6, 6.07) is 9.43. The average Bonchev–Trinajstić information content (AvgIpc) is 3.16. The van der Waals surface area contributed by atoms with Gasteiger partial charge >= 0.3 is 5.97 Å². The average molecular weight is 376 g/mol. The van der Waals surface area contributed by atoms with Gasteiger partial charge in [0, 0.05) is 12.6 Å². The lowest BCUT2D eigenvalue weighted by Crippen LogP contribution is -2.52. The summed E-state index contributed by atoms with van der Waals surface area (Å²) >= 11 is 0. The van der Waals surface area contributed by atoms with E-state index in [2.05, 4.69) is 24.4 Å². The number of rotatable bonds is 11. The molecule has 0 saturated carbocycles. The van der Waals surface area contributed by atoms with Crippen LogP contribution in [0.5, 0.6) is 0 Å². The number of nitrogens with zero attached hydrogens (tertiary/aromatic N) is 1. The zero-order valence-electron chi connectivity index (χ0n) is 16.3. The molecular formula is C21H33N3O3. The summed E-state index contributed by atoms with van der Waals surface area (Å²) in [5.74, 6) is -0.984. The van der Waals surface area contributed by atoms with Crippen molar-refractivity contribution in [3.63, 3.8) is 0 Å². The van der Waals surface area contributed by atoms with Crippen LogP contribution < -0.4 is 11.1 Å². The summed E-state index contributed by atoms with van der Waals surface area (Å²) < 4.78 is 0. The molecule has 2 rings (SSSR count). The molecule has 1 fully saturated rings. The fourth-order valence-electron chi connectivity index (χ4n) is 3.71. The largest absolute Gasteiger partial charge is 0.480 e. The first kappa shape index (κ1) is 21.4. The fourth-order valence-corrected chi connectivity index (χ4v) is 3.71. The molecule has 0 radical (unpaired) electrons. The van der Waals surface area contributed by atoms with E-state index < -0.39 is 12.0 Å². The summed E-state index contributed by atoms with van der Waals surface area (Å²) in [5, 5.41) is 12.8. The molecule has 0 aromatic heterocycles. The third kappa shape index (κ3) is 6.63. The number of unbranched alkanes of at least 4 members (excludes halogenated alkanes) is 1. The van der Waals surface area contributed by atoms with Gasteiger partial charge in [-0.25, -0.2) is 4.79 Å². The van der Waals surface area contributed by atoms with Gasteiger partial charge in [0.15, 0.2) is 0 Å². The maximum Gasteiger partial charge on any atom is 0.326 e. The van der Waals surface area contributed by atoms with Crippen LogP contribution >= 0.6 is 0 Å². The van der Waals surface area contributed by atoms with Crippen LogP contribution in [0.25, 0.3) is 0 Å². The molecule has 0 unspecified atom stereocenters. The second-order valence-electron chi connectivity index (χ2n) is 7.46. The van der Waals surface area contributed by atoms with Gasteiger partial charge in [-0.15, -0.1) is 0 Å². The first-order valence-electron chi connectivity index (χ1n) is 10.1. The molecule has 6 heteroatoms. The number of aryl methyl sites for hydroxylation is 1. The standard InChI is InChI=1S/C21H33N3O3/c1-16(12-13-17-8-3-2-4-9-17)23-18(10-5-6-14-22)20(25)24-15-7-11-19(24)21(26)27/h2-4,8-9,16,18-19,23H,5-7,10-15,22H2,1H3,(H,26,27)/t16-,18+,19+/m1/s1. The van der Waals surface area contributed by atoms with Crippen molar-refractivity contribution in [1.29, 1.82) is 0 Å². The molecule has 0 aliphatic carbocycles. The van der Waals surface area contributed by atoms with E-state index in [9.17, 15) is 14.7 Å². The summed E-state index contributed by atoms with van der Waals surface area (Å²) in [6.07, 6.45) is 5.58. The Hall–Kier alpha value is -1.92. The smallest absolute Gasteiger partial charge is 0.326 e. The Balaban J connectivity index is 1.95. The van der Waals surface area contributed by atoms with Gasteiger partial charge in [0.25, 0.3) is 0 Å². The highest BCUT2D eigenvalue weighted by Crippen LogP contribution is 2.20. The molecule has 0 spiro atoms.